The van der Waals surface area contributed by atoms with E-state index < -0.39 is 0 Å². The summed E-state index contributed by atoms with van der Waals surface area (Å²) >= 11 is 0. The van der Waals surface area contributed by atoms with Gasteiger partial charge in [-0.2, -0.15) is 0 Å². The van der Waals surface area contributed by atoms with Gasteiger partial charge in [-0.1, -0.05) is 12.5 Å². The van der Waals surface area contributed by atoms with E-state index in [9.17, 15) is 9.59 Å². The van der Waals surface area contributed by atoms with E-state index in [-0.39, 0.29) is 17.5 Å². The lowest BCUT2D eigenvalue weighted by Crippen LogP contribution is -2.33. The highest BCUT2D eigenvalue weighted by Gasteiger charge is 2.27. The molecule has 0 radical (unpaired) electrons. The molecule has 0 aliphatic carbocycles. The first-order chi connectivity index (χ1) is 16.1. The van der Waals surface area contributed by atoms with Gasteiger partial charge in [-0.3, -0.25) is 24.6 Å². The Balaban J connectivity index is 1.38. The van der Waals surface area contributed by atoms with Crippen molar-refractivity contribution in [2.75, 3.05) is 19.6 Å². The molecule has 3 aromatic rings. The van der Waals surface area contributed by atoms with Crippen molar-refractivity contribution in [3.63, 3.8) is 0 Å². The topological polar surface area (TPSA) is 86.6 Å². The number of carbonyl (C=O) groups excluding carboxylic acids is 1. The summed E-state index contributed by atoms with van der Waals surface area (Å²) in [5.41, 5.74) is 4.12. The molecule has 2 aliphatic rings. The molecule has 1 atom stereocenters. The van der Waals surface area contributed by atoms with E-state index in [0.717, 1.165) is 63.3 Å². The number of fused-ring (bicyclic) bond motifs is 1. The number of hydrogen-bond acceptors (Lipinski definition) is 5. The Morgan fingerprint density at radius 3 is 2.79 bits per heavy atom. The highest BCUT2D eigenvalue weighted by Crippen LogP contribution is 2.31. The van der Waals surface area contributed by atoms with Crippen LogP contribution in [0.1, 0.15) is 67.1 Å². The molecule has 8 heteroatoms. The average molecular weight is 449 g/mol. The van der Waals surface area contributed by atoms with E-state index in [2.05, 4.69) is 21.0 Å². The van der Waals surface area contributed by atoms with Gasteiger partial charge in [0, 0.05) is 55.8 Å². The molecule has 1 amide bonds. The highest BCUT2D eigenvalue weighted by atomic mass is 16.2. The van der Waals surface area contributed by atoms with Crippen molar-refractivity contribution in [3.8, 4) is 0 Å². The Hall–Kier alpha value is -3.00. The standard InChI is InChI=1S/C25H32N6O2/c1-18-20(9-10-24(32)29-12-4-5-13-29)25(33)31-23(27-18)15-21(28-31)22-8-2-3-14-30(22)17-19-7-6-11-26-16-19/h6-7,11,15-16,22,28H,2-5,8-10,12-14,17H2,1H3/t22-/m1/s1. The Morgan fingerprint density at radius 1 is 1.18 bits per heavy atom. The molecule has 0 unspecified atom stereocenters. The maximum atomic E-state index is 13.3. The fourth-order valence-corrected chi connectivity index (χ4v) is 5.26. The first-order valence-electron chi connectivity index (χ1n) is 12.1. The molecule has 174 valence electrons. The molecule has 0 spiro atoms. The van der Waals surface area contributed by atoms with Crippen molar-refractivity contribution in [1.29, 1.82) is 0 Å². The maximum absolute atomic E-state index is 13.3. The van der Waals surface area contributed by atoms with Gasteiger partial charge in [0.2, 0.25) is 5.91 Å². The molecule has 5 rings (SSSR count). The molecule has 0 saturated carbocycles. The minimum atomic E-state index is -0.0902. The largest absolute Gasteiger partial charge is 0.343 e. The Morgan fingerprint density at radius 2 is 2.00 bits per heavy atom. The van der Waals surface area contributed by atoms with Gasteiger partial charge in [-0.25, -0.2) is 9.50 Å². The van der Waals surface area contributed by atoms with E-state index in [1.807, 2.05) is 30.2 Å². The minimum Gasteiger partial charge on any atom is -0.343 e. The number of nitrogens with zero attached hydrogens (tertiary/aromatic N) is 5. The summed E-state index contributed by atoms with van der Waals surface area (Å²) in [6, 6.07) is 6.30. The number of piperidine rings is 1. The van der Waals surface area contributed by atoms with Crippen molar-refractivity contribution >= 4 is 11.6 Å². The molecular formula is C25H32N6O2. The van der Waals surface area contributed by atoms with Crippen LogP contribution in [0.2, 0.25) is 0 Å². The summed E-state index contributed by atoms with van der Waals surface area (Å²) in [6.07, 6.45) is 10.0. The lowest BCUT2D eigenvalue weighted by molar-refractivity contribution is -0.130. The van der Waals surface area contributed by atoms with Crippen LogP contribution in [0, 0.1) is 6.92 Å². The van der Waals surface area contributed by atoms with Gasteiger partial charge in [-0.15, -0.1) is 0 Å². The number of rotatable bonds is 6. The highest BCUT2D eigenvalue weighted by molar-refractivity contribution is 5.76. The zero-order valence-electron chi connectivity index (χ0n) is 19.3. The Kier molecular flexibility index (Phi) is 6.26. The molecule has 3 aromatic heterocycles. The van der Waals surface area contributed by atoms with E-state index in [1.165, 1.54) is 12.0 Å². The van der Waals surface area contributed by atoms with Gasteiger partial charge in [-0.05, 0) is 57.2 Å². The van der Waals surface area contributed by atoms with Crippen molar-refractivity contribution in [3.05, 3.63) is 63.5 Å². The van der Waals surface area contributed by atoms with Gasteiger partial charge in [0.15, 0.2) is 5.65 Å². The van der Waals surface area contributed by atoms with Gasteiger partial charge in [0.1, 0.15) is 0 Å². The quantitative estimate of drug-likeness (QED) is 0.626. The monoisotopic (exact) mass is 448 g/mol. The molecule has 5 heterocycles. The van der Waals surface area contributed by atoms with Crippen LogP contribution in [0.5, 0.6) is 0 Å². The van der Waals surface area contributed by atoms with Crippen LogP contribution in [0.15, 0.2) is 35.4 Å². The third kappa shape index (κ3) is 4.57. The second kappa shape index (κ2) is 9.47. The van der Waals surface area contributed by atoms with Gasteiger partial charge in [0.05, 0.1) is 11.7 Å². The molecule has 0 bridgehead atoms. The summed E-state index contributed by atoms with van der Waals surface area (Å²) in [5.74, 6) is 0.136. The second-order valence-electron chi connectivity index (χ2n) is 9.32. The third-order valence-electron chi connectivity index (χ3n) is 7.06. The zero-order chi connectivity index (χ0) is 22.8. The number of amides is 1. The summed E-state index contributed by atoms with van der Waals surface area (Å²) in [7, 11) is 0. The van der Waals surface area contributed by atoms with E-state index in [0.29, 0.717) is 24.1 Å². The van der Waals surface area contributed by atoms with Crippen LogP contribution in [0.4, 0.5) is 0 Å². The number of aromatic amines is 1. The molecule has 8 nitrogen and oxygen atoms in total. The predicted molar refractivity (Wildman–Crippen MR) is 126 cm³/mol. The zero-order valence-corrected chi connectivity index (χ0v) is 19.3. The fraction of sp³-hybridized carbons (Fsp3) is 0.520. The van der Waals surface area contributed by atoms with Crippen LogP contribution in [0.3, 0.4) is 0 Å². The molecule has 0 aromatic carbocycles. The molecule has 2 saturated heterocycles. The minimum absolute atomic E-state index is 0.0902. The number of H-pyrrole nitrogens is 1. The number of aryl methyl sites for hydroxylation is 1. The summed E-state index contributed by atoms with van der Waals surface area (Å²) in [4.78, 5) is 39.1. The lowest BCUT2D eigenvalue weighted by Gasteiger charge is -2.35. The van der Waals surface area contributed by atoms with Crippen molar-refractivity contribution in [1.82, 2.24) is 29.4 Å². The van der Waals surface area contributed by atoms with Crippen molar-refractivity contribution in [2.24, 2.45) is 0 Å². The number of pyridine rings is 1. The number of hydrogen-bond donors (Lipinski definition) is 1. The first-order valence-corrected chi connectivity index (χ1v) is 12.1. The van der Waals surface area contributed by atoms with Crippen LogP contribution in [-0.2, 0) is 17.8 Å². The third-order valence-corrected chi connectivity index (χ3v) is 7.06. The normalized spacial score (nSPS) is 19.4. The number of carbonyl (C=O) groups is 1. The Bertz CT molecular complexity index is 1180. The van der Waals surface area contributed by atoms with E-state index in [4.69, 9.17) is 4.98 Å². The fourth-order valence-electron chi connectivity index (χ4n) is 5.26. The summed E-state index contributed by atoms with van der Waals surface area (Å²) in [6.45, 7) is 5.40. The molecule has 1 N–H and O–H groups in total. The van der Waals surface area contributed by atoms with Crippen molar-refractivity contribution < 1.29 is 4.79 Å². The second-order valence-corrected chi connectivity index (χ2v) is 9.32. The van der Waals surface area contributed by atoms with E-state index in [1.54, 1.807) is 10.7 Å². The maximum Gasteiger partial charge on any atom is 0.276 e. The predicted octanol–water partition coefficient (Wildman–Crippen LogP) is 3.01. The Labute approximate surface area is 193 Å². The first kappa shape index (κ1) is 21.8. The number of aromatic nitrogens is 4. The lowest BCUT2D eigenvalue weighted by atomic mass is 9.99. The average Bonchev–Trinajstić information content (AvgIpc) is 3.50. The number of nitrogens with one attached hydrogen (secondary N) is 1. The van der Waals surface area contributed by atoms with Crippen LogP contribution in [-0.4, -0.2) is 54.9 Å². The van der Waals surface area contributed by atoms with E-state index >= 15 is 0 Å². The van der Waals surface area contributed by atoms with Gasteiger partial charge < -0.3 is 4.90 Å². The SMILES string of the molecule is Cc1nc2cc([C@H]3CCCCN3Cc3cccnc3)[nH]n2c(=O)c1CCC(=O)N1CCCC1. The van der Waals surface area contributed by atoms with Crippen molar-refractivity contribution in [2.45, 2.75) is 64.5 Å². The van der Waals surface area contributed by atoms with Crippen LogP contribution < -0.4 is 5.56 Å². The molecular weight excluding hydrogens is 416 g/mol. The van der Waals surface area contributed by atoms with Gasteiger partial charge in [0.25, 0.3) is 5.56 Å². The van der Waals surface area contributed by atoms with Gasteiger partial charge >= 0.3 is 0 Å². The summed E-state index contributed by atoms with van der Waals surface area (Å²) in [5, 5.41) is 3.35. The summed E-state index contributed by atoms with van der Waals surface area (Å²) < 4.78 is 1.56. The molecule has 33 heavy (non-hydrogen) atoms. The van der Waals surface area contributed by atoms with Crippen LogP contribution in [0.25, 0.3) is 5.65 Å². The van der Waals surface area contributed by atoms with Crippen LogP contribution >= 0.6 is 0 Å². The number of likely N-dealkylation sites (tertiary alicyclic amines) is 2. The molecule has 2 aliphatic heterocycles. The molecule has 2 fully saturated rings. The smallest absolute Gasteiger partial charge is 0.276 e.